The zero-order chi connectivity index (χ0) is 14.2. The van der Waals surface area contributed by atoms with Crippen molar-refractivity contribution in [3.63, 3.8) is 0 Å². The third-order valence-corrected chi connectivity index (χ3v) is 3.32. The molecule has 0 bridgehead atoms. The fourth-order valence-electron chi connectivity index (χ4n) is 2.23. The van der Waals surface area contributed by atoms with Crippen LogP contribution >= 0.6 is 0 Å². The molecule has 0 radical (unpaired) electrons. The highest BCUT2D eigenvalue weighted by atomic mass is 16.4. The molecule has 0 N–H and O–H groups in total. The minimum absolute atomic E-state index is 0.233. The topological polar surface area (TPSA) is 44.0 Å². The Morgan fingerprint density at radius 3 is 2.55 bits per heavy atom. The lowest BCUT2D eigenvalue weighted by Gasteiger charge is -2.02. The van der Waals surface area contributed by atoms with Crippen LogP contribution in [0.15, 0.2) is 54.9 Å². The highest BCUT2D eigenvalue weighted by Crippen LogP contribution is 2.06. The molecule has 3 heteroatoms. The van der Waals surface area contributed by atoms with Gasteiger partial charge in [-0.2, -0.15) is 0 Å². The summed E-state index contributed by atoms with van der Waals surface area (Å²) in [5, 5.41) is 10.8. The van der Waals surface area contributed by atoms with Gasteiger partial charge in [-0.1, -0.05) is 30.3 Å². The van der Waals surface area contributed by atoms with Crippen molar-refractivity contribution in [2.45, 2.75) is 32.2 Å². The number of hydrogen-bond donors (Lipinski definition) is 0. The number of carbonyl (C=O) groups excluding carboxylic acids is 1. The van der Waals surface area contributed by atoms with Gasteiger partial charge in [0.1, 0.15) is 6.54 Å². The van der Waals surface area contributed by atoms with Gasteiger partial charge < -0.3 is 9.90 Å². The number of carboxylic acids is 1. The number of rotatable bonds is 7. The first kappa shape index (κ1) is 14.3. The minimum Gasteiger partial charge on any atom is -0.545 e. The number of benzene rings is 1. The van der Waals surface area contributed by atoms with Crippen molar-refractivity contribution in [2.75, 3.05) is 0 Å². The summed E-state index contributed by atoms with van der Waals surface area (Å²) in [4.78, 5) is 10.8. The van der Waals surface area contributed by atoms with Crippen LogP contribution in [0.1, 0.15) is 35.2 Å². The van der Waals surface area contributed by atoms with Crippen molar-refractivity contribution in [3.8, 4) is 0 Å². The van der Waals surface area contributed by atoms with E-state index in [1.54, 1.807) is 18.3 Å². The van der Waals surface area contributed by atoms with E-state index in [1.165, 1.54) is 5.56 Å². The minimum atomic E-state index is -1.12. The first-order chi connectivity index (χ1) is 9.75. The molecule has 20 heavy (non-hydrogen) atoms. The molecule has 0 fully saturated rings. The average molecular weight is 269 g/mol. The molecule has 1 aromatic carbocycles. The molecule has 1 aromatic heterocycles. The number of unbranched alkanes of at least 4 members (excludes halogenated alkanes) is 2. The molecule has 1 heterocycles. The van der Waals surface area contributed by atoms with Crippen LogP contribution in [0.3, 0.4) is 0 Å². The molecule has 3 nitrogen and oxygen atoms in total. The molecule has 0 aliphatic heterocycles. The first-order valence-corrected chi connectivity index (χ1v) is 7.00. The fourth-order valence-corrected chi connectivity index (χ4v) is 2.23. The van der Waals surface area contributed by atoms with Crippen molar-refractivity contribution in [2.24, 2.45) is 0 Å². The van der Waals surface area contributed by atoms with E-state index in [0.29, 0.717) is 0 Å². The molecule has 0 atom stereocenters. The van der Waals surface area contributed by atoms with E-state index in [9.17, 15) is 9.90 Å². The quantitative estimate of drug-likeness (QED) is 0.568. The molecule has 0 saturated heterocycles. The highest BCUT2D eigenvalue weighted by molar-refractivity contribution is 5.84. The third kappa shape index (κ3) is 4.50. The monoisotopic (exact) mass is 269 g/mol. The van der Waals surface area contributed by atoms with Gasteiger partial charge >= 0.3 is 0 Å². The van der Waals surface area contributed by atoms with E-state index in [0.717, 1.165) is 32.2 Å². The van der Waals surface area contributed by atoms with E-state index in [-0.39, 0.29) is 5.56 Å². The first-order valence-electron chi connectivity index (χ1n) is 7.00. The zero-order valence-corrected chi connectivity index (χ0v) is 11.5. The summed E-state index contributed by atoms with van der Waals surface area (Å²) in [6.45, 7) is 0.843. The second-order valence-electron chi connectivity index (χ2n) is 4.91. The standard InChI is InChI=1S/C17H19NO2/c19-17(20)16-11-7-13-18(14-16)12-6-2-5-10-15-8-3-1-4-9-15/h1,3-4,7-9,11,13-14H,2,5-6,10,12H2. The summed E-state index contributed by atoms with van der Waals surface area (Å²) in [5.41, 5.74) is 1.61. The molecule has 0 amide bonds. The van der Waals surface area contributed by atoms with E-state index in [2.05, 4.69) is 24.3 Å². The van der Waals surface area contributed by atoms with Gasteiger partial charge in [0.25, 0.3) is 0 Å². The number of aromatic carboxylic acids is 1. The van der Waals surface area contributed by atoms with Crippen LogP contribution in [0.5, 0.6) is 0 Å². The lowest BCUT2D eigenvalue weighted by Crippen LogP contribution is -2.35. The summed E-state index contributed by atoms with van der Waals surface area (Å²) in [6, 6.07) is 13.8. The van der Waals surface area contributed by atoms with Crippen molar-refractivity contribution in [3.05, 3.63) is 66.0 Å². The Balaban J connectivity index is 1.71. The van der Waals surface area contributed by atoms with Crippen LogP contribution in [0.2, 0.25) is 0 Å². The van der Waals surface area contributed by atoms with Crippen LogP contribution in [0.4, 0.5) is 0 Å². The lowest BCUT2D eigenvalue weighted by atomic mass is 10.1. The summed E-state index contributed by atoms with van der Waals surface area (Å²) in [6.07, 6.45) is 7.97. The lowest BCUT2D eigenvalue weighted by molar-refractivity contribution is -0.697. The van der Waals surface area contributed by atoms with E-state index >= 15 is 0 Å². The normalized spacial score (nSPS) is 10.4. The predicted octanol–water partition coefficient (Wildman–Crippen LogP) is 1.75. The molecule has 0 aliphatic carbocycles. The second kappa shape index (κ2) is 7.43. The molecule has 2 rings (SSSR count). The van der Waals surface area contributed by atoms with Crippen LogP contribution < -0.4 is 9.67 Å². The highest BCUT2D eigenvalue weighted by Gasteiger charge is 2.03. The van der Waals surface area contributed by atoms with Gasteiger partial charge in [-0.15, -0.1) is 0 Å². The Labute approximate surface area is 119 Å². The van der Waals surface area contributed by atoms with E-state index < -0.39 is 5.97 Å². The molecule has 0 unspecified atom stereocenters. The molecular formula is C17H19NO2. The van der Waals surface area contributed by atoms with Gasteiger partial charge in [-0.3, -0.25) is 0 Å². The Kier molecular flexibility index (Phi) is 5.30. The van der Waals surface area contributed by atoms with E-state index in [1.807, 2.05) is 16.8 Å². The molecule has 104 valence electrons. The van der Waals surface area contributed by atoms with Gasteiger partial charge in [-0.05, 0) is 30.9 Å². The van der Waals surface area contributed by atoms with Crippen LogP contribution in [-0.4, -0.2) is 5.97 Å². The number of carbonyl (C=O) groups is 1. The predicted molar refractivity (Wildman–Crippen MR) is 75.0 cm³/mol. The van der Waals surface area contributed by atoms with Crippen LogP contribution in [-0.2, 0) is 13.0 Å². The van der Waals surface area contributed by atoms with Crippen molar-refractivity contribution in [1.82, 2.24) is 0 Å². The molecule has 0 spiro atoms. The maximum absolute atomic E-state index is 10.8. The molecular weight excluding hydrogens is 250 g/mol. The number of carboxylic acid groups (broad SMARTS) is 1. The van der Waals surface area contributed by atoms with Gasteiger partial charge in [-0.25, -0.2) is 4.57 Å². The van der Waals surface area contributed by atoms with Gasteiger partial charge in [0.15, 0.2) is 12.4 Å². The van der Waals surface area contributed by atoms with Crippen molar-refractivity contribution < 1.29 is 14.5 Å². The summed E-state index contributed by atoms with van der Waals surface area (Å²) < 4.78 is 1.91. The Hall–Kier alpha value is -2.16. The third-order valence-electron chi connectivity index (χ3n) is 3.32. The number of aryl methyl sites for hydroxylation is 2. The Morgan fingerprint density at radius 1 is 1.00 bits per heavy atom. The van der Waals surface area contributed by atoms with Gasteiger partial charge in [0, 0.05) is 12.5 Å². The number of hydrogen-bond acceptors (Lipinski definition) is 2. The molecule has 0 aliphatic rings. The summed E-state index contributed by atoms with van der Waals surface area (Å²) in [5.74, 6) is -1.12. The Morgan fingerprint density at radius 2 is 1.80 bits per heavy atom. The number of nitrogens with zero attached hydrogens (tertiary/aromatic N) is 1. The molecule has 2 aromatic rings. The largest absolute Gasteiger partial charge is 0.545 e. The summed E-state index contributed by atoms with van der Waals surface area (Å²) in [7, 11) is 0. The van der Waals surface area contributed by atoms with Crippen LogP contribution in [0, 0.1) is 0 Å². The van der Waals surface area contributed by atoms with Crippen molar-refractivity contribution >= 4 is 5.97 Å². The summed E-state index contributed by atoms with van der Waals surface area (Å²) >= 11 is 0. The van der Waals surface area contributed by atoms with E-state index in [4.69, 9.17) is 0 Å². The smallest absolute Gasteiger partial charge is 0.177 e. The SMILES string of the molecule is O=C([O-])c1ccc[n+](CCCCCc2ccccc2)c1. The van der Waals surface area contributed by atoms with Gasteiger partial charge in [0.2, 0.25) is 0 Å². The maximum atomic E-state index is 10.8. The average Bonchev–Trinajstić information content (AvgIpc) is 2.48. The second-order valence-corrected chi connectivity index (χ2v) is 4.91. The van der Waals surface area contributed by atoms with Crippen molar-refractivity contribution in [1.29, 1.82) is 0 Å². The van der Waals surface area contributed by atoms with Gasteiger partial charge in [0.05, 0.1) is 11.5 Å². The maximum Gasteiger partial charge on any atom is 0.177 e. The number of aromatic nitrogens is 1. The Bertz CT molecular complexity index is 552. The number of pyridine rings is 1. The van der Waals surface area contributed by atoms with Crippen LogP contribution in [0.25, 0.3) is 0 Å². The fraction of sp³-hybridized carbons (Fsp3) is 0.294. The zero-order valence-electron chi connectivity index (χ0n) is 11.5. The molecule has 0 saturated carbocycles.